The Bertz CT molecular complexity index is 838. The molecule has 0 unspecified atom stereocenters. The van der Waals surface area contributed by atoms with E-state index in [9.17, 15) is 4.79 Å². The second-order valence-electron chi connectivity index (χ2n) is 5.04. The number of fused-ring (bicyclic) bond motifs is 1. The molecule has 2 aromatic carbocycles. The quantitative estimate of drug-likeness (QED) is 0.642. The van der Waals surface area contributed by atoms with Gasteiger partial charge in [-0.1, -0.05) is 41.9 Å². The van der Waals surface area contributed by atoms with Crippen molar-refractivity contribution in [1.82, 2.24) is 0 Å². The monoisotopic (exact) mass is 330 g/mol. The predicted molar refractivity (Wildman–Crippen MR) is 87.5 cm³/mol. The summed E-state index contributed by atoms with van der Waals surface area (Å²) in [6, 6.07) is 14.6. The van der Waals surface area contributed by atoms with E-state index < -0.39 is 5.97 Å². The van der Waals surface area contributed by atoms with Crippen molar-refractivity contribution in [2.75, 3.05) is 7.11 Å². The highest BCUT2D eigenvalue weighted by Crippen LogP contribution is 2.27. The van der Waals surface area contributed by atoms with Crippen LogP contribution in [0.3, 0.4) is 0 Å². The summed E-state index contributed by atoms with van der Waals surface area (Å²) in [7, 11) is 1.57. The molecule has 5 heteroatoms. The number of carbonyl (C=O) groups is 1. The molecule has 0 saturated heterocycles. The number of hydrogen-bond acceptors (Lipinski definition) is 4. The number of halogens is 1. The number of carbonyl (C=O) groups excluding carboxylic acids is 1. The third-order valence-electron chi connectivity index (χ3n) is 3.43. The van der Waals surface area contributed by atoms with Gasteiger partial charge in [0.2, 0.25) is 5.76 Å². The Morgan fingerprint density at radius 2 is 1.96 bits per heavy atom. The summed E-state index contributed by atoms with van der Waals surface area (Å²) >= 11 is 5.92. The topological polar surface area (TPSA) is 48.7 Å². The van der Waals surface area contributed by atoms with E-state index in [1.165, 1.54) is 0 Å². The summed E-state index contributed by atoms with van der Waals surface area (Å²) in [6.07, 6.45) is 0. The number of rotatable bonds is 5. The lowest BCUT2D eigenvalue weighted by Crippen LogP contribution is -2.07. The van der Waals surface area contributed by atoms with E-state index in [1.807, 2.05) is 36.4 Å². The fraction of sp³-hybridized carbons (Fsp3) is 0.167. The van der Waals surface area contributed by atoms with Crippen molar-refractivity contribution in [3.8, 4) is 0 Å². The molecule has 3 rings (SSSR count). The van der Waals surface area contributed by atoms with Crippen LogP contribution in [0.4, 0.5) is 0 Å². The Labute approximate surface area is 138 Å². The first kappa shape index (κ1) is 15.6. The molecular weight excluding hydrogens is 316 g/mol. The first-order chi connectivity index (χ1) is 11.2. The molecule has 0 fully saturated rings. The minimum Gasteiger partial charge on any atom is -0.455 e. The fourth-order valence-electron chi connectivity index (χ4n) is 2.39. The van der Waals surface area contributed by atoms with Crippen molar-refractivity contribution in [3.05, 3.63) is 70.4 Å². The SMILES string of the molecule is COCc1c(C(=O)OCc2cccc(Cl)c2)oc2ccccc12. The number of methoxy groups -OCH3 is 1. The molecule has 0 atom stereocenters. The van der Waals surface area contributed by atoms with Crippen LogP contribution in [-0.2, 0) is 22.7 Å². The zero-order chi connectivity index (χ0) is 16.2. The summed E-state index contributed by atoms with van der Waals surface area (Å²) in [5.74, 6) is -0.344. The molecule has 1 heterocycles. The number of furan rings is 1. The predicted octanol–water partition coefficient (Wildman–Crippen LogP) is 4.59. The molecule has 4 nitrogen and oxygen atoms in total. The number of para-hydroxylation sites is 1. The number of hydrogen-bond donors (Lipinski definition) is 0. The van der Waals surface area contributed by atoms with Crippen LogP contribution in [0.15, 0.2) is 52.9 Å². The average Bonchev–Trinajstić information content (AvgIpc) is 2.92. The summed E-state index contributed by atoms with van der Waals surface area (Å²) in [5.41, 5.74) is 2.14. The maximum absolute atomic E-state index is 12.4. The molecule has 0 N–H and O–H groups in total. The molecule has 1 aromatic heterocycles. The molecular formula is C18H15ClO4. The Balaban J connectivity index is 1.84. The molecule has 0 radical (unpaired) electrons. The van der Waals surface area contributed by atoms with Gasteiger partial charge in [0.15, 0.2) is 0 Å². The highest BCUT2D eigenvalue weighted by atomic mass is 35.5. The van der Waals surface area contributed by atoms with Crippen molar-refractivity contribution >= 4 is 28.5 Å². The van der Waals surface area contributed by atoms with Crippen LogP contribution in [0.2, 0.25) is 5.02 Å². The normalized spacial score (nSPS) is 10.9. The van der Waals surface area contributed by atoms with Crippen molar-refractivity contribution in [2.24, 2.45) is 0 Å². The van der Waals surface area contributed by atoms with E-state index in [1.54, 1.807) is 19.2 Å². The molecule has 3 aromatic rings. The number of benzene rings is 2. The minimum atomic E-state index is -0.520. The van der Waals surface area contributed by atoms with Crippen molar-refractivity contribution < 1.29 is 18.7 Å². The lowest BCUT2D eigenvalue weighted by molar-refractivity contribution is 0.0432. The first-order valence-corrected chi connectivity index (χ1v) is 7.47. The summed E-state index contributed by atoms with van der Waals surface area (Å²) in [4.78, 5) is 12.4. The van der Waals surface area contributed by atoms with Gasteiger partial charge in [-0.2, -0.15) is 0 Å². The third kappa shape index (κ3) is 3.38. The summed E-state index contributed by atoms with van der Waals surface area (Å²) < 4.78 is 16.2. The third-order valence-corrected chi connectivity index (χ3v) is 3.67. The van der Waals surface area contributed by atoms with Gasteiger partial charge < -0.3 is 13.9 Å². The minimum absolute atomic E-state index is 0.128. The summed E-state index contributed by atoms with van der Waals surface area (Å²) in [5, 5.41) is 1.45. The van der Waals surface area contributed by atoms with Gasteiger partial charge in [0.05, 0.1) is 6.61 Å². The first-order valence-electron chi connectivity index (χ1n) is 7.10. The second kappa shape index (κ2) is 6.86. The van der Waals surface area contributed by atoms with Crippen molar-refractivity contribution in [3.63, 3.8) is 0 Å². The van der Waals surface area contributed by atoms with Crippen LogP contribution in [0.25, 0.3) is 11.0 Å². The van der Waals surface area contributed by atoms with Gasteiger partial charge in [0.1, 0.15) is 12.2 Å². The Morgan fingerprint density at radius 3 is 2.74 bits per heavy atom. The Kier molecular flexibility index (Phi) is 4.65. The van der Waals surface area contributed by atoms with E-state index in [2.05, 4.69) is 0 Å². The molecule has 0 aliphatic rings. The molecule has 0 aliphatic carbocycles. The molecule has 0 saturated carbocycles. The van der Waals surface area contributed by atoms with Crippen LogP contribution in [0.5, 0.6) is 0 Å². The smallest absolute Gasteiger partial charge is 0.374 e. The van der Waals surface area contributed by atoms with Gasteiger partial charge in [-0.25, -0.2) is 4.79 Å². The van der Waals surface area contributed by atoms with Gasteiger partial charge in [-0.3, -0.25) is 0 Å². The number of esters is 1. The average molecular weight is 331 g/mol. The van der Waals surface area contributed by atoms with Gasteiger partial charge in [0, 0.05) is 23.1 Å². The van der Waals surface area contributed by atoms with Crippen LogP contribution >= 0.6 is 11.6 Å². The van der Waals surface area contributed by atoms with Gasteiger partial charge in [-0.15, -0.1) is 0 Å². The van der Waals surface area contributed by atoms with E-state index >= 15 is 0 Å². The molecule has 0 aliphatic heterocycles. The Morgan fingerprint density at radius 1 is 1.13 bits per heavy atom. The van der Waals surface area contributed by atoms with Gasteiger partial charge >= 0.3 is 5.97 Å². The van der Waals surface area contributed by atoms with Crippen molar-refractivity contribution in [1.29, 1.82) is 0 Å². The highest BCUT2D eigenvalue weighted by molar-refractivity contribution is 6.30. The largest absolute Gasteiger partial charge is 0.455 e. The second-order valence-corrected chi connectivity index (χ2v) is 5.48. The van der Waals surface area contributed by atoms with Crippen LogP contribution in [-0.4, -0.2) is 13.1 Å². The van der Waals surface area contributed by atoms with Gasteiger partial charge in [-0.05, 0) is 23.8 Å². The maximum atomic E-state index is 12.4. The van der Waals surface area contributed by atoms with E-state index in [0.29, 0.717) is 16.2 Å². The zero-order valence-corrected chi connectivity index (χ0v) is 13.3. The lowest BCUT2D eigenvalue weighted by atomic mass is 10.1. The van der Waals surface area contributed by atoms with Crippen LogP contribution < -0.4 is 0 Å². The lowest BCUT2D eigenvalue weighted by Gasteiger charge is -2.05. The Hall–Kier alpha value is -2.30. The number of ether oxygens (including phenoxy) is 2. The van der Waals surface area contributed by atoms with E-state index in [-0.39, 0.29) is 19.0 Å². The molecule has 0 bridgehead atoms. The summed E-state index contributed by atoms with van der Waals surface area (Å²) in [6.45, 7) is 0.404. The maximum Gasteiger partial charge on any atom is 0.374 e. The zero-order valence-electron chi connectivity index (χ0n) is 12.5. The highest BCUT2D eigenvalue weighted by Gasteiger charge is 2.21. The van der Waals surface area contributed by atoms with E-state index in [4.69, 9.17) is 25.5 Å². The molecule has 0 spiro atoms. The standard InChI is InChI=1S/C18H15ClO4/c1-21-11-15-14-7-2-3-8-16(14)23-17(15)18(20)22-10-12-5-4-6-13(19)9-12/h2-9H,10-11H2,1H3. The molecule has 0 amide bonds. The molecule has 118 valence electrons. The van der Waals surface area contributed by atoms with Gasteiger partial charge in [0.25, 0.3) is 0 Å². The molecule has 23 heavy (non-hydrogen) atoms. The fourth-order valence-corrected chi connectivity index (χ4v) is 2.61. The van der Waals surface area contributed by atoms with Crippen LogP contribution in [0, 0.1) is 0 Å². The van der Waals surface area contributed by atoms with Crippen LogP contribution in [0.1, 0.15) is 21.7 Å². The van der Waals surface area contributed by atoms with Crippen molar-refractivity contribution in [2.45, 2.75) is 13.2 Å². The van der Waals surface area contributed by atoms with E-state index in [0.717, 1.165) is 10.9 Å².